The molecule has 2 aliphatic rings. The highest BCUT2D eigenvalue weighted by atomic mass is 16.1. The normalized spacial score (nSPS) is 24.6. The molecule has 128 valence electrons. The largest absolute Gasteiger partial charge is 0.386 e. The van der Waals surface area contributed by atoms with Gasteiger partial charge in [-0.25, -0.2) is 0 Å². The second-order valence-electron chi connectivity index (χ2n) is 8.73. The molecule has 0 aromatic carbocycles. The molecule has 0 amide bonds. The van der Waals surface area contributed by atoms with Crippen LogP contribution in [0.1, 0.15) is 60.3 Å². The van der Waals surface area contributed by atoms with Gasteiger partial charge in [0.05, 0.1) is 0 Å². The van der Waals surface area contributed by atoms with E-state index in [0.29, 0.717) is 12.8 Å². The third kappa shape index (κ3) is 5.52. The average Bonchev–Trinajstić information content (AvgIpc) is 2.31. The average molecular weight is 318 g/mol. The molecule has 0 bridgehead atoms. The first-order chi connectivity index (χ1) is 10.5. The maximum absolute atomic E-state index is 11.8. The molecule has 0 saturated carbocycles. The molecule has 0 saturated heterocycles. The molecular formula is C19H30N2O2. The second kappa shape index (κ2) is 6.50. The van der Waals surface area contributed by atoms with Crippen molar-refractivity contribution in [1.29, 1.82) is 0 Å². The highest BCUT2D eigenvalue weighted by molar-refractivity contribution is 5.92. The third-order valence-corrected chi connectivity index (χ3v) is 4.38. The van der Waals surface area contributed by atoms with Gasteiger partial charge in [0.25, 0.3) is 0 Å². The highest BCUT2D eigenvalue weighted by Crippen LogP contribution is 2.33. The van der Waals surface area contributed by atoms with Gasteiger partial charge in [0.1, 0.15) is 0 Å². The van der Waals surface area contributed by atoms with Gasteiger partial charge in [-0.3, -0.25) is 9.59 Å². The van der Waals surface area contributed by atoms with Crippen LogP contribution in [0.5, 0.6) is 0 Å². The van der Waals surface area contributed by atoms with Gasteiger partial charge in [0, 0.05) is 49.0 Å². The number of allylic oxidation sites excluding steroid dienone is 4. The van der Waals surface area contributed by atoms with Crippen molar-refractivity contribution < 1.29 is 9.59 Å². The summed E-state index contributed by atoms with van der Waals surface area (Å²) >= 11 is 0. The molecule has 0 aromatic rings. The summed E-state index contributed by atoms with van der Waals surface area (Å²) in [4.78, 5) is 23.6. The quantitative estimate of drug-likeness (QED) is 0.818. The lowest BCUT2D eigenvalue weighted by Gasteiger charge is -2.32. The van der Waals surface area contributed by atoms with Crippen molar-refractivity contribution in [3.05, 3.63) is 23.5 Å². The molecule has 2 N–H and O–H groups in total. The SMILES string of the molecule is CC(CNC1=CC(=O)CC(C)(C)C1)NC1=CC(=O)CC(C)(C)C1. The van der Waals surface area contributed by atoms with Crippen LogP contribution in [0.2, 0.25) is 0 Å². The smallest absolute Gasteiger partial charge is 0.157 e. The summed E-state index contributed by atoms with van der Waals surface area (Å²) in [7, 11) is 0. The molecule has 0 aromatic heterocycles. The Morgan fingerprint density at radius 1 is 0.913 bits per heavy atom. The van der Waals surface area contributed by atoms with Crippen LogP contribution < -0.4 is 10.6 Å². The molecule has 0 radical (unpaired) electrons. The first kappa shape index (κ1) is 17.8. The predicted molar refractivity (Wildman–Crippen MR) is 92.8 cm³/mol. The summed E-state index contributed by atoms with van der Waals surface area (Å²) in [5.74, 6) is 0.401. The minimum absolute atomic E-state index is 0.0314. The van der Waals surface area contributed by atoms with Gasteiger partial charge in [-0.05, 0) is 30.6 Å². The maximum Gasteiger partial charge on any atom is 0.157 e. The van der Waals surface area contributed by atoms with Crippen molar-refractivity contribution in [3.8, 4) is 0 Å². The van der Waals surface area contributed by atoms with E-state index in [1.165, 1.54) is 0 Å². The van der Waals surface area contributed by atoms with E-state index in [1.807, 2.05) is 0 Å². The van der Waals surface area contributed by atoms with Crippen molar-refractivity contribution in [2.24, 2.45) is 10.8 Å². The van der Waals surface area contributed by atoms with Crippen molar-refractivity contribution >= 4 is 11.6 Å². The number of carbonyl (C=O) groups excluding carboxylic acids is 2. The topological polar surface area (TPSA) is 58.2 Å². The summed E-state index contributed by atoms with van der Waals surface area (Å²) in [6.07, 6.45) is 6.53. The van der Waals surface area contributed by atoms with Gasteiger partial charge >= 0.3 is 0 Å². The van der Waals surface area contributed by atoms with Gasteiger partial charge in [-0.15, -0.1) is 0 Å². The van der Waals surface area contributed by atoms with Crippen LogP contribution in [0.3, 0.4) is 0 Å². The molecule has 0 spiro atoms. The second-order valence-corrected chi connectivity index (χ2v) is 8.73. The number of ketones is 2. The molecule has 0 heterocycles. The first-order valence-corrected chi connectivity index (χ1v) is 8.52. The van der Waals surface area contributed by atoms with Gasteiger partial charge < -0.3 is 10.6 Å². The Labute approximate surface area is 139 Å². The molecule has 4 nitrogen and oxygen atoms in total. The van der Waals surface area contributed by atoms with E-state index in [1.54, 1.807) is 12.2 Å². The van der Waals surface area contributed by atoms with E-state index in [9.17, 15) is 9.59 Å². The van der Waals surface area contributed by atoms with E-state index in [0.717, 1.165) is 30.8 Å². The summed E-state index contributed by atoms with van der Waals surface area (Å²) in [6, 6.07) is 0.198. The molecule has 2 rings (SSSR count). The van der Waals surface area contributed by atoms with E-state index in [4.69, 9.17) is 0 Å². The first-order valence-electron chi connectivity index (χ1n) is 8.52. The molecule has 2 aliphatic carbocycles. The zero-order valence-electron chi connectivity index (χ0n) is 15.1. The number of hydrogen-bond donors (Lipinski definition) is 2. The Bertz CT molecular complexity index is 556. The van der Waals surface area contributed by atoms with Crippen molar-refractivity contribution in [2.45, 2.75) is 66.3 Å². The lowest BCUT2D eigenvalue weighted by Crippen LogP contribution is -2.39. The fourth-order valence-corrected chi connectivity index (χ4v) is 3.55. The molecule has 1 unspecified atom stereocenters. The van der Waals surface area contributed by atoms with Crippen molar-refractivity contribution in [1.82, 2.24) is 10.6 Å². The minimum Gasteiger partial charge on any atom is -0.386 e. The Morgan fingerprint density at radius 2 is 1.39 bits per heavy atom. The van der Waals surface area contributed by atoms with Gasteiger partial charge in [0.15, 0.2) is 11.6 Å². The Balaban J connectivity index is 1.87. The maximum atomic E-state index is 11.8. The van der Waals surface area contributed by atoms with Crippen LogP contribution in [0.25, 0.3) is 0 Å². The molecule has 1 atom stereocenters. The van der Waals surface area contributed by atoms with Crippen LogP contribution in [0.15, 0.2) is 23.5 Å². The van der Waals surface area contributed by atoms with Crippen LogP contribution in [-0.4, -0.2) is 24.2 Å². The zero-order valence-corrected chi connectivity index (χ0v) is 15.1. The lowest BCUT2D eigenvalue weighted by molar-refractivity contribution is -0.118. The van der Waals surface area contributed by atoms with Crippen molar-refractivity contribution in [3.63, 3.8) is 0 Å². The van der Waals surface area contributed by atoms with Crippen LogP contribution in [-0.2, 0) is 9.59 Å². The number of nitrogens with one attached hydrogen (secondary N) is 2. The standard InChI is InChI=1S/C19H30N2O2/c1-13(21-15-7-17(23)11-19(4,5)9-15)12-20-14-6-16(22)10-18(2,3)8-14/h6-7,13,20-21H,8-12H2,1-5H3. The molecular weight excluding hydrogens is 288 g/mol. The van der Waals surface area contributed by atoms with Crippen LogP contribution >= 0.6 is 0 Å². The van der Waals surface area contributed by atoms with E-state index in [-0.39, 0.29) is 28.4 Å². The van der Waals surface area contributed by atoms with Crippen molar-refractivity contribution in [2.75, 3.05) is 6.54 Å². The van der Waals surface area contributed by atoms with Gasteiger partial charge in [0.2, 0.25) is 0 Å². The van der Waals surface area contributed by atoms with Gasteiger partial charge in [-0.1, -0.05) is 27.7 Å². The fraction of sp³-hybridized carbons (Fsp3) is 0.684. The molecule has 0 fully saturated rings. The third-order valence-electron chi connectivity index (χ3n) is 4.38. The summed E-state index contributed by atoms with van der Waals surface area (Å²) < 4.78 is 0. The summed E-state index contributed by atoms with van der Waals surface area (Å²) in [5.41, 5.74) is 2.11. The zero-order chi connectivity index (χ0) is 17.3. The predicted octanol–water partition coefficient (Wildman–Crippen LogP) is 3.10. The van der Waals surface area contributed by atoms with E-state index in [2.05, 4.69) is 45.3 Å². The number of carbonyl (C=O) groups is 2. The lowest BCUT2D eigenvalue weighted by atomic mass is 9.78. The molecule has 23 heavy (non-hydrogen) atoms. The monoisotopic (exact) mass is 318 g/mol. The molecule has 4 heteroatoms. The Hall–Kier alpha value is -1.58. The number of hydrogen-bond acceptors (Lipinski definition) is 4. The van der Waals surface area contributed by atoms with E-state index < -0.39 is 0 Å². The fourth-order valence-electron chi connectivity index (χ4n) is 3.55. The highest BCUT2D eigenvalue weighted by Gasteiger charge is 2.29. The minimum atomic E-state index is 0.0314. The summed E-state index contributed by atoms with van der Waals surface area (Å²) in [6.45, 7) is 11.3. The molecule has 0 aliphatic heterocycles. The van der Waals surface area contributed by atoms with Crippen LogP contribution in [0, 0.1) is 10.8 Å². The summed E-state index contributed by atoms with van der Waals surface area (Å²) in [5, 5.41) is 6.84. The Kier molecular flexibility index (Phi) is 5.02. The van der Waals surface area contributed by atoms with E-state index >= 15 is 0 Å². The van der Waals surface area contributed by atoms with Gasteiger partial charge in [-0.2, -0.15) is 0 Å². The number of rotatable bonds is 5. The van der Waals surface area contributed by atoms with Crippen LogP contribution in [0.4, 0.5) is 0 Å². The Morgan fingerprint density at radius 3 is 1.91 bits per heavy atom.